The molecule has 5 heteroatoms. The lowest BCUT2D eigenvalue weighted by molar-refractivity contribution is -0.139. The number of H-pyrrole nitrogens is 1. The second-order valence-electron chi connectivity index (χ2n) is 4.41. The van der Waals surface area contributed by atoms with Gasteiger partial charge in [0.15, 0.2) is 0 Å². The van der Waals surface area contributed by atoms with Gasteiger partial charge in [0, 0.05) is 34.2 Å². The number of aliphatic carboxylic acids is 1. The van der Waals surface area contributed by atoms with Crippen molar-refractivity contribution in [1.29, 1.82) is 0 Å². The molecule has 0 aliphatic carbocycles. The Morgan fingerprint density at radius 3 is 2.84 bits per heavy atom. The molecule has 0 spiro atoms. The van der Waals surface area contributed by atoms with Gasteiger partial charge < -0.3 is 15.4 Å². The van der Waals surface area contributed by atoms with Crippen LogP contribution in [0.1, 0.15) is 11.6 Å². The highest BCUT2D eigenvalue weighted by molar-refractivity contribution is 6.07. The summed E-state index contributed by atoms with van der Waals surface area (Å²) >= 11 is 0. The van der Waals surface area contributed by atoms with Crippen LogP contribution in [0.3, 0.4) is 0 Å². The first kappa shape index (κ1) is 11.7. The Bertz CT molecular complexity index is 764. The molecule has 0 radical (unpaired) electrons. The predicted molar refractivity (Wildman–Crippen MR) is 73.0 cm³/mol. The van der Waals surface area contributed by atoms with Crippen LogP contribution in [0.15, 0.2) is 36.7 Å². The third kappa shape index (κ3) is 1.84. The number of aromatic amines is 1. The van der Waals surface area contributed by atoms with Crippen molar-refractivity contribution in [3.8, 4) is 0 Å². The summed E-state index contributed by atoms with van der Waals surface area (Å²) in [5.41, 5.74) is 2.71. The van der Waals surface area contributed by atoms with Gasteiger partial charge in [-0.15, -0.1) is 0 Å². The second kappa shape index (κ2) is 4.37. The van der Waals surface area contributed by atoms with Crippen LogP contribution in [0.25, 0.3) is 21.8 Å². The maximum atomic E-state index is 11.2. The molecule has 0 amide bonds. The van der Waals surface area contributed by atoms with Gasteiger partial charge in [-0.05, 0) is 30.8 Å². The van der Waals surface area contributed by atoms with E-state index in [1.807, 2.05) is 24.3 Å². The van der Waals surface area contributed by atoms with Crippen LogP contribution in [-0.4, -0.2) is 28.1 Å². The van der Waals surface area contributed by atoms with Gasteiger partial charge >= 0.3 is 5.97 Å². The number of nitrogens with one attached hydrogen (secondary N) is 2. The molecular weight excluding hydrogens is 242 g/mol. The van der Waals surface area contributed by atoms with Crippen molar-refractivity contribution in [3.63, 3.8) is 0 Å². The quantitative estimate of drug-likeness (QED) is 0.669. The number of pyridine rings is 1. The van der Waals surface area contributed by atoms with Gasteiger partial charge in [0.05, 0.1) is 0 Å². The molecule has 0 saturated carbocycles. The number of carboxylic acids is 1. The largest absolute Gasteiger partial charge is 0.480 e. The average Bonchev–Trinajstić information content (AvgIpc) is 2.77. The second-order valence-corrected chi connectivity index (χ2v) is 4.41. The minimum atomic E-state index is -0.889. The molecule has 2 aromatic heterocycles. The number of hydrogen-bond acceptors (Lipinski definition) is 3. The fourth-order valence-electron chi connectivity index (χ4n) is 2.37. The smallest absolute Gasteiger partial charge is 0.325 e. The number of hydrogen-bond donors (Lipinski definition) is 3. The molecule has 0 aliphatic heterocycles. The summed E-state index contributed by atoms with van der Waals surface area (Å²) in [6, 6.07) is 6.82. The van der Waals surface area contributed by atoms with E-state index in [1.165, 1.54) is 0 Å². The Hall–Kier alpha value is -2.40. The first-order valence-electron chi connectivity index (χ1n) is 5.96. The first-order chi connectivity index (χ1) is 9.20. The molecule has 96 valence electrons. The van der Waals surface area contributed by atoms with Crippen molar-refractivity contribution in [3.05, 3.63) is 42.2 Å². The van der Waals surface area contributed by atoms with Crippen LogP contribution < -0.4 is 5.32 Å². The maximum Gasteiger partial charge on any atom is 0.325 e. The molecule has 3 aromatic rings. The Morgan fingerprint density at radius 1 is 1.32 bits per heavy atom. The van der Waals surface area contributed by atoms with Crippen molar-refractivity contribution in [1.82, 2.24) is 15.3 Å². The zero-order valence-corrected chi connectivity index (χ0v) is 10.3. The number of nitrogens with zero attached hydrogens (tertiary/aromatic N) is 1. The van der Waals surface area contributed by atoms with E-state index in [4.69, 9.17) is 0 Å². The van der Waals surface area contributed by atoms with E-state index >= 15 is 0 Å². The number of benzene rings is 1. The van der Waals surface area contributed by atoms with E-state index < -0.39 is 12.0 Å². The topological polar surface area (TPSA) is 78.0 Å². The SMILES string of the molecule is CNC(C(=O)O)c1ccc2[nH]c3ccncc3c2c1. The summed E-state index contributed by atoms with van der Waals surface area (Å²) in [5.74, 6) is -0.889. The lowest BCUT2D eigenvalue weighted by atomic mass is 10.0. The normalized spacial score (nSPS) is 12.9. The zero-order valence-electron chi connectivity index (χ0n) is 10.3. The minimum Gasteiger partial charge on any atom is -0.480 e. The highest BCUT2D eigenvalue weighted by Gasteiger charge is 2.18. The Labute approximate surface area is 109 Å². The molecule has 0 fully saturated rings. The van der Waals surface area contributed by atoms with Crippen molar-refractivity contribution >= 4 is 27.8 Å². The van der Waals surface area contributed by atoms with Gasteiger partial charge in [0.25, 0.3) is 0 Å². The van der Waals surface area contributed by atoms with E-state index in [2.05, 4.69) is 15.3 Å². The summed E-state index contributed by atoms with van der Waals surface area (Å²) in [6.07, 6.45) is 3.51. The number of carboxylic acid groups (broad SMARTS) is 1. The molecular formula is C14H13N3O2. The molecule has 0 bridgehead atoms. The first-order valence-corrected chi connectivity index (χ1v) is 5.96. The monoisotopic (exact) mass is 255 g/mol. The van der Waals surface area contributed by atoms with E-state index in [9.17, 15) is 9.90 Å². The standard InChI is InChI=1S/C14H13N3O2/c1-15-13(14(18)19)8-2-3-11-9(6-8)10-7-16-5-4-12(10)17-11/h2-7,13,15,17H,1H3,(H,18,19). The summed E-state index contributed by atoms with van der Waals surface area (Å²) in [5, 5.41) is 14.0. The van der Waals surface area contributed by atoms with Crippen LogP contribution in [0, 0.1) is 0 Å². The highest BCUT2D eigenvalue weighted by Crippen LogP contribution is 2.27. The van der Waals surface area contributed by atoms with Crippen LogP contribution >= 0.6 is 0 Å². The van der Waals surface area contributed by atoms with Crippen molar-refractivity contribution in [2.75, 3.05) is 7.05 Å². The Kier molecular flexibility index (Phi) is 2.68. The Balaban J connectivity index is 2.24. The molecule has 5 nitrogen and oxygen atoms in total. The third-order valence-corrected chi connectivity index (χ3v) is 3.29. The van der Waals surface area contributed by atoms with Crippen molar-refractivity contribution in [2.45, 2.75) is 6.04 Å². The summed E-state index contributed by atoms with van der Waals surface area (Å²) in [4.78, 5) is 18.6. The summed E-state index contributed by atoms with van der Waals surface area (Å²) < 4.78 is 0. The molecule has 1 aromatic carbocycles. The maximum absolute atomic E-state index is 11.2. The number of likely N-dealkylation sites (N-methyl/N-ethyl adjacent to an activating group) is 1. The van der Waals surface area contributed by atoms with Crippen molar-refractivity contribution < 1.29 is 9.90 Å². The molecule has 3 rings (SSSR count). The minimum absolute atomic E-state index is 0.703. The lowest BCUT2D eigenvalue weighted by Gasteiger charge is -2.11. The van der Waals surface area contributed by atoms with Crippen LogP contribution in [0.2, 0.25) is 0 Å². The van der Waals surface area contributed by atoms with Gasteiger partial charge in [0.1, 0.15) is 6.04 Å². The van der Waals surface area contributed by atoms with E-state index in [-0.39, 0.29) is 0 Å². The van der Waals surface area contributed by atoms with Crippen LogP contribution in [0.4, 0.5) is 0 Å². The lowest BCUT2D eigenvalue weighted by Crippen LogP contribution is -2.24. The van der Waals surface area contributed by atoms with E-state index in [0.717, 1.165) is 27.4 Å². The fourth-order valence-corrected chi connectivity index (χ4v) is 2.37. The molecule has 0 aliphatic rings. The third-order valence-electron chi connectivity index (χ3n) is 3.29. The number of aromatic nitrogens is 2. The summed E-state index contributed by atoms with van der Waals surface area (Å²) in [6.45, 7) is 0. The van der Waals surface area contributed by atoms with Gasteiger partial charge in [0.2, 0.25) is 0 Å². The van der Waals surface area contributed by atoms with Crippen LogP contribution in [0.5, 0.6) is 0 Å². The summed E-state index contributed by atoms with van der Waals surface area (Å²) in [7, 11) is 1.64. The van der Waals surface area contributed by atoms with Gasteiger partial charge in [-0.1, -0.05) is 6.07 Å². The average molecular weight is 255 g/mol. The predicted octanol–water partition coefficient (Wildman–Crippen LogP) is 2.06. The molecule has 3 N–H and O–H groups in total. The highest BCUT2D eigenvalue weighted by atomic mass is 16.4. The van der Waals surface area contributed by atoms with Gasteiger partial charge in [-0.3, -0.25) is 9.78 Å². The number of fused-ring (bicyclic) bond motifs is 3. The molecule has 0 saturated heterocycles. The zero-order chi connectivity index (χ0) is 13.4. The molecule has 1 atom stereocenters. The molecule has 19 heavy (non-hydrogen) atoms. The van der Waals surface area contributed by atoms with E-state index in [1.54, 1.807) is 19.4 Å². The van der Waals surface area contributed by atoms with E-state index in [0.29, 0.717) is 0 Å². The number of carbonyl (C=O) groups is 1. The van der Waals surface area contributed by atoms with Crippen LogP contribution in [-0.2, 0) is 4.79 Å². The number of rotatable bonds is 3. The van der Waals surface area contributed by atoms with Gasteiger partial charge in [-0.25, -0.2) is 0 Å². The Morgan fingerprint density at radius 2 is 2.11 bits per heavy atom. The molecule has 1 unspecified atom stereocenters. The van der Waals surface area contributed by atoms with Gasteiger partial charge in [-0.2, -0.15) is 0 Å². The van der Waals surface area contributed by atoms with Crippen molar-refractivity contribution in [2.24, 2.45) is 0 Å². The fraction of sp³-hybridized carbons (Fsp3) is 0.143. The molecule has 2 heterocycles.